The number of pyridine rings is 1. The lowest BCUT2D eigenvalue weighted by atomic mass is 10.1. The Morgan fingerprint density at radius 1 is 1.16 bits per heavy atom. The first-order valence-electron chi connectivity index (χ1n) is 10.7. The zero-order valence-electron chi connectivity index (χ0n) is 17.3. The topological polar surface area (TPSA) is 87.8 Å². The Hall–Kier alpha value is -2.83. The fourth-order valence-corrected chi connectivity index (χ4v) is 5.29. The third-order valence-electron chi connectivity index (χ3n) is 6.08. The van der Waals surface area contributed by atoms with Gasteiger partial charge < -0.3 is 4.57 Å². The van der Waals surface area contributed by atoms with E-state index in [9.17, 15) is 22.5 Å². The van der Waals surface area contributed by atoms with Crippen LogP contribution in [0.4, 0.5) is 8.78 Å². The van der Waals surface area contributed by atoms with Crippen molar-refractivity contribution in [2.45, 2.75) is 48.6 Å². The second kappa shape index (κ2) is 7.94. The van der Waals surface area contributed by atoms with E-state index in [-0.39, 0.29) is 10.9 Å². The molecule has 2 aromatic heterocycles. The molecule has 9 heteroatoms. The van der Waals surface area contributed by atoms with Crippen LogP contribution in [0.5, 0.6) is 0 Å². The Morgan fingerprint density at radius 2 is 1.91 bits per heavy atom. The number of aromatic nitrogens is 2. The van der Waals surface area contributed by atoms with Gasteiger partial charge in [0.1, 0.15) is 24.3 Å². The summed E-state index contributed by atoms with van der Waals surface area (Å²) in [5.41, 5.74) is 3.98. The predicted molar refractivity (Wildman–Crippen MR) is 116 cm³/mol. The number of nitriles is 1. The van der Waals surface area contributed by atoms with Crippen LogP contribution in [0.3, 0.4) is 0 Å². The average Bonchev–Trinajstić information content (AvgIpc) is 3.73. The van der Waals surface area contributed by atoms with Crippen LogP contribution >= 0.6 is 0 Å². The van der Waals surface area contributed by atoms with Gasteiger partial charge in [-0.1, -0.05) is 12.1 Å². The summed E-state index contributed by atoms with van der Waals surface area (Å²) in [6, 6.07) is 10.3. The van der Waals surface area contributed by atoms with Crippen molar-refractivity contribution in [1.29, 1.82) is 5.26 Å². The fourth-order valence-electron chi connectivity index (χ4n) is 4.15. The highest BCUT2D eigenvalue weighted by Gasteiger charge is 2.32. The molecule has 166 valence electrons. The molecule has 1 N–H and O–H groups in total. The predicted octanol–water partition coefficient (Wildman–Crippen LogP) is 4.37. The number of halogens is 2. The zero-order valence-corrected chi connectivity index (χ0v) is 18.1. The molecule has 2 saturated carbocycles. The zero-order chi connectivity index (χ0) is 22.5. The quantitative estimate of drug-likeness (QED) is 0.545. The molecule has 0 atom stereocenters. The second-order valence-electron chi connectivity index (χ2n) is 8.49. The number of nitrogens with zero attached hydrogens (tertiary/aromatic N) is 3. The van der Waals surface area contributed by atoms with Crippen molar-refractivity contribution >= 4 is 20.9 Å². The first-order chi connectivity index (χ1) is 15.5. The first kappa shape index (κ1) is 21.0. The van der Waals surface area contributed by atoms with E-state index in [1.165, 1.54) is 24.5 Å². The molecule has 0 unspecified atom stereocenters. The average molecular weight is 457 g/mol. The number of benzene rings is 1. The Kier molecular flexibility index (Phi) is 5.22. The smallest absolute Gasteiger partial charge is 0.242 e. The van der Waals surface area contributed by atoms with E-state index in [1.54, 1.807) is 6.07 Å². The maximum Gasteiger partial charge on any atom is 0.242 e. The van der Waals surface area contributed by atoms with Gasteiger partial charge in [-0.15, -0.1) is 0 Å². The van der Waals surface area contributed by atoms with Crippen molar-refractivity contribution in [3.63, 3.8) is 0 Å². The molecule has 32 heavy (non-hydrogen) atoms. The van der Waals surface area contributed by atoms with Crippen molar-refractivity contribution in [1.82, 2.24) is 14.3 Å². The molecule has 2 fully saturated rings. The Bertz CT molecular complexity index is 1320. The Labute approximate surface area is 184 Å². The Balaban J connectivity index is 1.59. The monoisotopic (exact) mass is 456 g/mol. The van der Waals surface area contributed by atoms with Crippen molar-refractivity contribution < 1.29 is 17.2 Å². The van der Waals surface area contributed by atoms with E-state index >= 15 is 0 Å². The molecule has 0 spiro atoms. The number of hydrogen-bond donors (Lipinski definition) is 1. The highest BCUT2D eigenvalue weighted by atomic mass is 32.2. The molecule has 2 aliphatic rings. The Morgan fingerprint density at radius 3 is 2.47 bits per heavy atom. The number of alkyl halides is 2. The van der Waals surface area contributed by atoms with Gasteiger partial charge in [0.05, 0.1) is 28.5 Å². The molecular weight excluding hydrogens is 434 g/mol. The number of fused-ring (bicyclic) bond motifs is 1. The minimum atomic E-state index is -4.11. The van der Waals surface area contributed by atoms with E-state index in [1.807, 2.05) is 10.8 Å². The van der Waals surface area contributed by atoms with Crippen LogP contribution in [0, 0.1) is 11.3 Å². The van der Waals surface area contributed by atoms with Gasteiger partial charge in [-0.2, -0.15) is 5.26 Å². The van der Waals surface area contributed by atoms with Gasteiger partial charge in [0, 0.05) is 17.6 Å². The summed E-state index contributed by atoms with van der Waals surface area (Å²) in [7, 11) is -4.11. The van der Waals surface area contributed by atoms with Gasteiger partial charge in [0.15, 0.2) is 0 Å². The third kappa shape index (κ3) is 3.67. The number of sulfonamides is 1. The fraction of sp³-hybridized carbons (Fsp3) is 0.391. The highest BCUT2D eigenvalue weighted by molar-refractivity contribution is 7.89. The van der Waals surface area contributed by atoms with Crippen molar-refractivity contribution in [2.24, 2.45) is 0 Å². The van der Waals surface area contributed by atoms with Crippen LogP contribution in [-0.4, -0.2) is 37.4 Å². The first-order valence-corrected chi connectivity index (χ1v) is 12.1. The van der Waals surface area contributed by atoms with Crippen LogP contribution in [0.25, 0.3) is 22.3 Å². The summed E-state index contributed by atoms with van der Waals surface area (Å²) in [5.74, 6) is 0.587. The third-order valence-corrected chi connectivity index (χ3v) is 7.59. The van der Waals surface area contributed by atoms with Crippen LogP contribution in [0.15, 0.2) is 41.4 Å². The van der Waals surface area contributed by atoms with E-state index in [4.69, 9.17) is 0 Å². The van der Waals surface area contributed by atoms with E-state index < -0.39 is 29.4 Å². The largest absolute Gasteiger partial charge is 0.335 e. The van der Waals surface area contributed by atoms with Gasteiger partial charge >= 0.3 is 0 Å². The van der Waals surface area contributed by atoms with Crippen molar-refractivity contribution in [3.05, 3.63) is 47.7 Å². The molecule has 0 saturated heterocycles. The van der Waals surface area contributed by atoms with Crippen LogP contribution in [-0.2, 0) is 10.0 Å². The molecule has 5 rings (SSSR count). The number of hydrogen-bond acceptors (Lipinski definition) is 4. The van der Waals surface area contributed by atoms with E-state index in [2.05, 4.69) is 27.8 Å². The number of rotatable bonds is 8. The van der Waals surface area contributed by atoms with Crippen LogP contribution in [0.2, 0.25) is 0 Å². The normalized spacial score (nSPS) is 16.6. The summed E-state index contributed by atoms with van der Waals surface area (Å²) < 4.78 is 54.5. The minimum absolute atomic E-state index is 0.184. The maximum atomic E-state index is 12.8. The molecule has 2 aliphatic carbocycles. The SMILES string of the molecule is N#Cc1c(-c2ccc(S(=O)(=O)NC(CF)CF)cn2)n(C2CC2)c2cc(C3CC3)ccc12. The summed E-state index contributed by atoms with van der Waals surface area (Å²) in [4.78, 5) is 4.16. The molecule has 1 aromatic carbocycles. The van der Waals surface area contributed by atoms with Crippen molar-refractivity contribution in [3.8, 4) is 17.5 Å². The van der Waals surface area contributed by atoms with Gasteiger partial charge in [0.2, 0.25) is 10.0 Å². The summed E-state index contributed by atoms with van der Waals surface area (Å²) >= 11 is 0. The lowest BCUT2D eigenvalue weighted by Crippen LogP contribution is -2.37. The van der Waals surface area contributed by atoms with Gasteiger partial charge in [-0.25, -0.2) is 21.9 Å². The van der Waals surface area contributed by atoms with Crippen LogP contribution in [0.1, 0.15) is 48.8 Å². The standard InChI is InChI=1S/C23H22F2N4O2S/c24-10-16(11-25)28-32(30,31)18-6-8-21(27-13-18)23-20(12-26)19-7-3-15(14-1-2-14)9-22(19)29(23)17-4-5-17/h3,6-9,13-14,16-17,28H,1-2,4-5,10-11H2. The summed E-state index contributed by atoms with van der Waals surface area (Å²) in [6.45, 7) is -2.28. The lowest BCUT2D eigenvalue weighted by Gasteiger charge is -2.13. The second-order valence-corrected chi connectivity index (χ2v) is 10.2. The molecule has 6 nitrogen and oxygen atoms in total. The van der Waals surface area contributed by atoms with E-state index in [0.29, 0.717) is 22.9 Å². The molecule has 0 bridgehead atoms. The molecule has 0 amide bonds. The van der Waals surface area contributed by atoms with Crippen LogP contribution < -0.4 is 4.72 Å². The number of nitrogens with one attached hydrogen (secondary N) is 1. The molecule has 3 aromatic rings. The summed E-state index contributed by atoms with van der Waals surface area (Å²) in [6.07, 6.45) is 5.56. The van der Waals surface area contributed by atoms with Gasteiger partial charge in [-0.05, 0) is 55.4 Å². The van der Waals surface area contributed by atoms with Crippen molar-refractivity contribution in [2.75, 3.05) is 13.3 Å². The molecule has 2 heterocycles. The minimum Gasteiger partial charge on any atom is -0.335 e. The van der Waals surface area contributed by atoms with Gasteiger partial charge in [-0.3, -0.25) is 4.98 Å². The van der Waals surface area contributed by atoms with E-state index in [0.717, 1.165) is 29.9 Å². The molecular formula is C23H22F2N4O2S. The highest BCUT2D eigenvalue weighted by Crippen LogP contribution is 2.46. The van der Waals surface area contributed by atoms with Gasteiger partial charge in [0.25, 0.3) is 0 Å². The molecule has 0 aliphatic heterocycles. The maximum absolute atomic E-state index is 12.8. The molecule has 0 radical (unpaired) electrons. The lowest BCUT2D eigenvalue weighted by molar-refractivity contribution is 0.334. The summed E-state index contributed by atoms with van der Waals surface area (Å²) in [5, 5.41) is 10.8.